The van der Waals surface area contributed by atoms with E-state index in [1.54, 1.807) is 6.92 Å². The molecule has 0 amide bonds. The minimum absolute atomic E-state index is 0.317. The lowest BCUT2D eigenvalue weighted by Gasteiger charge is -2.12. The van der Waals surface area contributed by atoms with Gasteiger partial charge in [-0.15, -0.1) is 11.3 Å². The van der Waals surface area contributed by atoms with Gasteiger partial charge in [0.2, 0.25) is 0 Å². The highest BCUT2D eigenvalue weighted by atomic mass is 32.1. The maximum atomic E-state index is 12.7. The third kappa shape index (κ3) is 5.22. The highest BCUT2D eigenvalue weighted by molar-refractivity contribution is 7.80. The van der Waals surface area contributed by atoms with Crippen LogP contribution < -0.4 is 10.6 Å². The Morgan fingerprint density at radius 1 is 1.07 bits per heavy atom. The predicted molar refractivity (Wildman–Crippen MR) is 125 cm³/mol. The maximum absolute atomic E-state index is 12.7. The number of rotatable bonds is 6. The standard InChI is InChI=1S/C23H24N2O2S2/c1-4-27-22(26)20-19(18-8-6-5-7-9-18)16(3)29-21(20)25-23(28)24-14-17-12-10-15(2)11-13-17/h5-13H,4,14H2,1-3H3,(H2,24,25,28). The third-order valence-corrected chi connectivity index (χ3v) is 5.69. The van der Waals surface area contributed by atoms with Gasteiger partial charge in [-0.1, -0.05) is 60.2 Å². The molecule has 2 N–H and O–H groups in total. The van der Waals surface area contributed by atoms with Crippen molar-refractivity contribution >= 4 is 39.6 Å². The monoisotopic (exact) mass is 424 g/mol. The summed E-state index contributed by atoms with van der Waals surface area (Å²) in [5.74, 6) is -0.348. The first-order valence-electron chi connectivity index (χ1n) is 9.46. The van der Waals surface area contributed by atoms with E-state index in [2.05, 4.69) is 41.8 Å². The minimum Gasteiger partial charge on any atom is -0.462 e. The molecule has 29 heavy (non-hydrogen) atoms. The molecule has 0 saturated carbocycles. The molecule has 0 unspecified atom stereocenters. The van der Waals surface area contributed by atoms with Gasteiger partial charge >= 0.3 is 5.97 Å². The highest BCUT2D eigenvalue weighted by Gasteiger charge is 2.24. The topological polar surface area (TPSA) is 50.4 Å². The number of ether oxygens (including phenoxy) is 1. The number of aryl methyl sites for hydroxylation is 2. The molecule has 3 rings (SSSR count). The lowest BCUT2D eigenvalue weighted by molar-refractivity contribution is 0.0529. The average molecular weight is 425 g/mol. The van der Waals surface area contributed by atoms with Crippen molar-refractivity contribution in [3.05, 3.63) is 76.2 Å². The van der Waals surface area contributed by atoms with E-state index in [4.69, 9.17) is 17.0 Å². The Balaban J connectivity index is 1.83. The van der Waals surface area contributed by atoms with Crippen molar-refractivity contribution in [1.29, 1.82) is 0 Å². The van der Waals surface area contributed by atoms with Gasteiger partial charge in [0.15, 0.2) is 5.11 Å². The van der Waals surface area contributed by atoms with E-state index in [9.17, 15) is 4.79 Å². The third-order valence-electron chi connectivity index (χ3n) is 4.43. The van der Waals surface area contributed by atoms with Crippen LogP contribution in [0.1, 0.15) is 33.3 Å². The lowest BCUT2D eigenvalue weighted by atomic mass is 10.0. The van der Waals surface area contributed by atoms with Crippen LogP contribution in [0.3, 0.4) is 0 Å². The summed E-state index contributed by atoms with van der Waals surface area (Å²) in [6.07, 6.45) is 0. The van der Waals surface area contributed by atoms with Gasteiger partial charge in [0.25, 0.3) is 0 Å². The SMILES string of the molecule is CCOC(=O)c1c(NC(=S)NCc2ccc(C)cc2)sc(C)c1-c1ccccc1. The van der Waals surface area contributed by atoms with Crippen molar-refractivity contribution < 1.29 is 9.53 Å². The van der Waals surface area contributed by atoms with E-state index >= 15 is 0 Å². The number of thiophene rings is 1. The second kappa shape index (κ2) is 9.67. The van der Waals surface area contributed by atoms with E-state index in [-0.39, 0.29) is 5.97 Å². The molecule has 0 spiro atoms. The maximum Gasteiger partial charge on any atom is 0.341 e. The van der Waals surface area contributed by atoms with Crippen LogP contribution in [0.4, 0.5) is 5.00 Å². The zero-order valence-electron chi connectivity index (χ0n) is 16.7. The summed E-state index contributed by atoms with van der Waals surface area (Å²) in [5, 5.41) is 7.57. The Kier molecular flexibility index (Phi) is 7.01. The number of carbonyl (C=O) groups is 1. The van der Waals surface area contributed by atoms with Gasteiger partial charge in [0, 0.05) is 17.0 Å². The van der Waals surface area contributed by atoms with Crippen LogP contribution in [0, 0.1) is 13.8 Å². The number of nitrogens with one attached hydrogen (secondary N) is 2. The number of hydrogen-bond acceptors (Lipinski definition) is 4. The Morgan fingerprint density at radius 3 is 2.41 bits per heavy atom. The first-order valence-corrected chi connectivity index (χ1v) is 10.7. The molecule has 6 heteroatoms. The molecule has 0 fully saturated rings. The average Bonchev–Trinajstić information content (AvgIpc) is 3.04. The minimum atomic E-state index is -0.348. The normalized spacial score (nSPS) is 10.4. The molecule has 1 heterocycles. The molecule has 0 aliphatic rings. The van der Waals surface area contributed by atoms with Crippen LogP contribution in [0.15, 0.2) is 54.6 Å². The lowest BCUT2D eigenvalue weighted by Crippen LogP contribution is -2.28. The number of hydrogen-bond donors (Lipinski definition) is 2. The zero-order chi connectivity index (χ0) is 20.8. The van der Waals surface area contributed by atoms with Gasteiger partial charge in [-0.2, -0.15) is 0 Å². The first kappa shape index (κ1) is 21.0. The van der Waals surface area contributed by atoms with Crippen LogP contribution in [-0.4, -0.2) is 17.7 Å². The smallest absolute Gasteiger partial charge is 0.341 e. The molecule has 150 valence electrons. The first-order chi connectivity index (χ1) is 14.0. The van der Waals surface area contributed by atoms with E-state index in [1.807, 2.05) is 37.3 Å². The second-order valence-corrected chi connectivity index (χ2v) is 8.25. The number of thiocarbonyl (C=S) groups is 1. The molecule has 0 atom stereocenters. The quantitative estimate of drug-likeness (QED) is 0.393. The van der Waals surface area contributed by atoms with Gasteiger partial charge in [-0.25, -0.2) is 4.79 Å². The molecular formula is C23H24N2O2S2. The van der Waals surface area contributed by atoms with E-state index < -0.39 is 0 Å². The largest absolute Gasteiger partial charge is 0.462 e. The Bertz CT molecular complexity index is 996. The molecule has 0 aliphatic carbocycles. The summed E-state index contributed by atoms with van der Waals surface area (Å²) >= 11 is 6.98. The summed E-state index contributed by atoms with van der Waals surface area (Å²) in [6, 6.07) is 18.1. The van der Waals surface area contributed by atoms with Crippen molar-refractivity contribution in [2.75, 3.05) is 11.9 Å². The van der Waals surface area contributed by atoms with Gasteiger partial charge in [0.05, 0.1) is 6.61 Å². The predicted octanol–water partition coefficient (Wildman–Crippen LogP) is 5.70. The molecule has 2 aromatic carbocycles. The van der Waals surface area contributed by atoms with Crippen LogP contribution in [0.25, 0.3) is 11.1 Å². The summed E-state index contributed by atoms with van der Waals surface area (Å²) < 4.78 is 5.33. The number of benzene rings is 2. The van der Waals surface area contributed by atoms with E-state index in [1.165, 1.54) is 16.9 Å². The fraction of sp³-hybridized carbons (Fsp3) is 0.217. The summed E-state index contributed by atoms with van der Waals surface area (Å²) in [6.45, 7) is 6.79. The van der Waals surface area contributed by atoms with E-state index in [0.717, 1.165) is 21.6 Å². The fourth-order valence-corrected chi connectivity index (χ4v) is 4.33. The molecular weight excluding hydrogens is 400 g/mol. The van der Waals surface area contributed by atoms with Gasteiger partial charge in [-0.3, -0.25) is 0 Å². The number of carbonyl (C=O) groups excluding carboxylic acids is 1. The van der Waals surface area contributed by atoms with Gasteiger partial charge in [0.1, 0.15) is 10.6 Å². The molecule has 1 aromatic heterocycles. The van der Waals surface area contributed by atoms with Crippen LogP contribution in [0.5, 0.6) is 0 Å². The Hall–Kier alpha value is -2.70. The van der Waals surface area contributed by atoms with Crippen LogP contribution in [0.2, 0.25) is 0 Å². The molecule has 0 bridgehead atoms. The fourth-order valence-electron chi connectivity index (χ4n) is 3.02. The Labute approximate surface area is 180 Å². The molecule has 0 aliphatic heterocycles. The van der Waals surface area contributed by atoms with Gasteiger partial charge < -0.3 is 15.4 Å². The van der Waals surface area contributed by atoms with E-state index in [0.29, 0.717) is 28.8 Å². The van der Waals surface area contributed by atoms with Crippen LogP contribution >= 0.6 is 23.6 Å². The Morgan fingerprint density at radius 2 is 1.76 bits per heavy atom. The molecule has 4 nitrogen and oxygen atoms in total. The summed E-state index contributed by atoms with van der Waals surface area (Å²) in [7, 11) is 0. The van der Waals surface area contributed by atoms with Crippen molar-refractivity contribution in [2.45, 2.75) is 27.3 Å². The van der Waals surface area contributed by atoms with Gasteiger partial charge in [-0.05, 0) is 44.1 Å². The summed E-state index contributed by atoms with van der Waals surface area (Å²) in [4.78, 5) is 13.8. The number of anilines is 1. The number of esters is 1. The second-order valence-electron chi connectivity index (χ2n) is 6.62. The summed E-state index contributed by atoms with van der Waals surface area (Å²) in [5.41, 5.74) is 4.75. The molecule has 0 saturated heterocycles. The van der Waals surface area contributed by atoms with Crippen molar-refractivity contribution in [2.24, 2.45) is 0 Å². The molecule has 0 radical (unpaired) electrons. The van der Waals surface area contributed by atoms with Crippen molar-refractivity contribution in [3.8, 4) is 11.1 Å². The zero-order valence-corrected chi connectivity index (χ0v) is 18.4. The van der Waals surface area contributed by atoms with Crippen molar-refractivity contribution in [3.63, 3.8) is 0 Å². The van der Waals surface area contributed by atoms with Crippen LogP contribution in [-0.2, 0) is 11.3 Å². The highest BCUT2D eigenvalue weighted by Crippen LogP contribution is 2.40. The molecule has 3 aromatic rings. The van der Waals surface area contributed by atoms with Crippen molar-refractivity contribution in [1.82, 2.24) is 5.32 Å².